The van der Waals surface area contributed by atoms with Gasteiger partial charge in [0.25, 0.3) is 11.8 Å². The number of carbonyl (C=O) groups is 2. The molecule has 0 bridgehead atoms. The summed E-state index contributed by atoms with van der Waals surface area (Å²) in [7, 11) is 1.49. The zero-order chi connectivity index (χ0) is 22.1. The third kappa shape index (κ3) is 3.57. The zero-order valence-corrected chi connectivity index (χ0v) is 17.4. The van der Waals surface area contributed by atoms with Gasteiger partial charge in [-0.25, -0.2) is 9.29 Å². The standard InChI is InChI=1S/C25H21FN2O3/c1-15-12-13-19(16(2)14-15)27-23-22(17-8-4-7-11-21(17)31-3)24(29)28(25(23)30)20-10-6-5-9-18(20)26/h4-14,27H,1-3H3. The molecule has 0 aliphatic carbocycles. The maximum Gasteiger partial charge on any atom is 0.282 e. The summed E-state index contributed by atoms with van der Waals surface area (Å²) in [5, 5.41) is 3.13. The van der Waals surface area contributed by atoms with Gasteiger partial charge in [-0.15, -0.1) is 0 Å². The van der Waals surface area contributed by atoms with E-state index in [1.165, 1.54) is 25.3 Å². The van der Waals surface area contributed by atoms with Crippen LogP contribution in [-0.4, -0.2) is 18.9 Å². The van der Waals surface area contributed by atoms with Crippen LogP contribution in [0.1, 0.15) is 16.7 Å². The Bertz CT molecular complexity index is 1230. The fourth-order valence-electron chi connectivity index (χ4n) is 3.69. The first-order valence-electron chi connectivity index (χ1n) is 9.77. The first-order valence-corrected chi connectivity index (χ1v) is 9.77. The molecule has 1 aliphatic rings. The van der Waals surface area contributed by atoms with Crippen LogP contribution in [0.2, 0.25) is 0 Å². The Kier molecular flexibility index (Phi) is 5.29. The number of hydrogen-bond acceptors (Lipinski definition) is 4. The normalized spacial score (nSPS) is 13.7. The van der Waals surface area contributed by atoms with Gasteiger partial charge in [-0.2, -0.15) is 0 Å². The number of imide groups is 1. The molecule has 0 radical (unpaired) electrons. The maximum absolute atomic E-state index is 14.5. The monoisotopic (exact) mass is 416 g/mol. The Morgan fingerprint density at radius 1 is 0.903 bits per heavy atom. The van der Waals surface area contributed by atoms with Crippen molar-refractivity contribution >= 4 is 28.8 Å². The highest BCUT2D eigenvalue weighted by Gasteiger charge is 2.42. The summed E-state index contributed by atoms with van der Waals surface area (Å²) >= 11 is 0. The molecule has 3 aromatic carbocycles. The number of hydrogen-bond donors (Lipinski definition) is 1. The first-order chi connectivity index (χ1) is 14.9. The minimum atomic E-state index is -0.656. The number of para-hydroxylation sites is 2. The van der Waals surface area contributed by atoms with E-state index >= 15 is 0 Å². The third-order valence-electron chi connectivity index (χ3n) is 5.20. The zero-order valence-electron chi connectivity index (χ0n) is 17.4. The molecule has 1 N–H and O–H groups in total. The molecule has 0 atom stereocenters. The molecule has 0 saturated heterocycles. The molecule has 0 spiro atoms. The highest BCUT2D eigenvalue weighted by atomic mass is 19.1. The largest absolute Gasteiger partial charge is 0.496 e. The lowest BCUT2D eigenvalue weighted by Gasteiger charge is -2.16. The summed E-state index contributed by atoms with van der Waals surface area (Å²) in [4.78, 5) is 27.7. The van der Waals surface area contributed by atoms with E-state index in [1.54, 1.807) is 30.3 Å². The Hall–Kier alpha value is -3.93. The fourth-order valence-corrected chi connectivity index (χ4v) is 3.69. The summed E-state index contributed by atoms with van der Waals surface area (Å²) in [5.41, 5.74) is 3.23. The SMILES string of the molecule is COc1ccccc1C1=C(Nc2ccc(C)cc2C)C(=O)N(c2ccccc2F)C1=O. The topological polar surface area (TPSA) is 58.6 Å². The predicted molar refractivity (Wildman–Crippen MR) is 118 cm³/mol. The van der Waals surface area contributed by atoms with Crippen LogP contribution in [-0.2, 0) is 9.59 Å². The van der Waals surface area contributed by atoms with Crippen molar-refractivity contribution in [3.8, 4) is 5.75 Å². The number of aryl methyl sites for hydroxylation is 2. The average molecular weight is 416 g/mol. The molecule has 156 valence electrons. The molecule has 1 heterocycles. The summed E-state index contributed by atoms with van der Waals surface area (Å²) in [6.45, 7) is 3.88. The number of nitrogens with zero attached hydrogens (tertiary/aromatic N) is 1. The summed E-state index contributed by atoms with van der Waals surface area (Å²) in [6.07, 6.45) is 0. The van der Waals surface area contributed by atoms with Gasteiger partial charge in [-0.3, -0.25) is 9.59 Å². The van der Waals surface area contributed by atoms with Crippen LogP contribution >= 0.6 is 0 Å². The third-order valence-corrected chi connectivity index (χ3v) is 5.20. The van der Waals surface area contributed by atoms with Gasteiger partial charge in [0.1, 0.15) is 17.3 Å². The van der Waals surface area contributed by atoms with E-state index in [2.05, 4.69) is 5.32 Å². The second kappa shape index (κ2) is 8.07. The average Bonchev–Trinajstić information content (AvgIpc) is 3.00. The number of halogens is 1. The number of carbonyl (C=O) groups excluding carboxylic acids is 2. The minimum absolute atomic E-state index is 0.0738. The summed E-state index contributed by atoms with van der Waals surface area (Å²) in [5.74, 6) is -1.46. The second-order valence-corrected chi connectivity index (χ2v) is 7.29. The van der Waals surface area contributed by atoms with Gasteiger partial charge in [-0.1, -0.05) is 48.0 Å². The molecular weight excluding hydrogens is 395 g/mol. The number of benzene rings is 3. The van der Waals surface area contributed by atoms with Crippen molar-refractivity contribution in [2.24, 2.45) is 0 Å². The predicted octanol–water partition coefficient (Wildman–Crippen LogP) is 4.85. The summed E-state index contributed by atoms with van der Waals surface area (Å²) < 4.78 is 19.9. The van der Waals surface area contributed by atoms with Crippen molar-refractivity contribution in [2.75, 3.05) is 17.3 Å². The number of rotatable bonds is 5. The number of nitrogens with one attached hydrogen (secondary N) is 1. The second-order valence-electron chi connectivity index (χ2n) is 7.29. The maximum atomic E-state index is 14.5. The van der Waals surface area contributed by atoms with Gasteiger partial charge in [0.05, 0.1) is 18.4 Å². The van der Waals surface area contributed by atoms with Crippen molar-refractivity contribution in [3.63, 3.8) is 0 Å². The van der Waals surface area contributed by atoms with Crippen LogP contribution in [0, 0.1) is 19.7 Å². The van der Waals surface area contributed by atoms with E-state index < -0.39 is 17.6 Å². The van der Waals surface area contributed by atoms with Crippen LogP contribution in [0.5, 0.6) is 5.75 Å². The van der Waals surface area contributed by atoms with Gasteiger partial charge in [0.2, 0.25) is 0 Å². The van der Waals surface area contributed by atoms with Gasteiger partial charge >= 0.3 is 0 Å². The lowest BCUT2D eigenvalue weighted by Crippen LogP contribution is -2.33. The van der Waals surface area contributed by atoms with Crippen LogP contribution in [0.3, 0.4) is 0 Å². The molecule has 0 saturated carbocycles. The molecule has 0 unspecified atom stereocenters. The Morgan fingerprint density at radius 2 is 1.61 bits per heavy atom. The lowest BCUT2D eigenvalue weighted by atomic mass is 10.0. The van der Waals surface area contributed by atoms with E-state index in [9.17, 15) is 14.0 Å². The van der Waals surface area contributed by atoms with E-state index in [-0.39, 0.29) is 17.0 Å². The van der Waals surface area contributed by atoms with Crippen LogP contribution < -0.4 is 15.0 Å². The molecule has 1 aliphatic heterocycles. The molecule has 6 heteroatoms. The van der Waals surface area contributed by atoms with Crippen molar-refractivity contribution < 1.29 is 18.7 Å². The van der Waals surface area contributed by atoms with Crippen LogP contribution in [0.4, 0.5) is 15.8 Å². The van der Waals surface area contributed by atoms with Gasteiger partial charge < -0.3 is 10.1 Å². The molecule has 0 aromatic heterocycles. The molecule has 5 nitrogen and oxygen atoms in total. The number of methoxy groups -OCH3 is 1. The van der Waals surface area contributed by atoms with E-state index in [1.807, 2.05) is 32.0 Å². The Balaban J connectivity index is 1.90. The fraction of sp³-hybridized carbons (Fsp3) is 0.120. The van der Waals surface area contributed by atoms with Crippen LogP contribution in [0.15, 0.2) is 72.4 Å². The van der Waals surface area contributed by atoms with Crippen molar-refractivity contribution in [3.05, 3.63) is 94.9 Å². The molecule has 4 rings (SSSR count). The van der Waals surface area contributed by atoms with Crippen molar-refractivity contribution in [1.29, 1.82) is 0 Å². The Labute approximate surface area is 179 Å². The first kappa shape index (κ1) is 20.3. The number of amides is 2. The summed E-state index contributed by atoms with van der Waals surface area (Å²) in [6, 6.07) is 18.4. The van der Waals surface area contributed by atoms with Crippen molar-refractivity contribution in [1.82, 2.24) is 0 Å². The molecule has 2 amide bonds. The van der Waals surface area contributed by atoms with Gasteiger partial charge in [0.15, 0.2) is 0 Å². The van der Waals surface area contributed by atoms with Crippen molar-refractivity contribution in [2.45, 2.75) is 13.8 Å². The lowest BCUT2D eigenvalue weighted by molar-refractivity contribution is -0.120. The highest BCUT2D eigenvalue weighted by Crippen LogP contribution is 2.38. The van der Waals surface area contributed by atoms with E-state index in [4.69, 9.17) is 4.74 Å². The number of anilines is 2. The molecular formula is C25H21FN2O3. The molecule has 3 aromatic rings. The Morgan fingerprint density at radius 3 is 2.32 bits per heavy atom. The van der Waals surface area contributed by atoms with Gasteiger partial charge in [0, 0.05) is 11.3 Å². The molecule has 31 heavy (non-hydrogen) atoms. The van der Waals surface area contributed by atoms with Gasteiger partial charge in [-0.05, 0) is 43.7 Å². The quantitative estimate of drug-likeness (QED) is 0.604. The smallest absolute Gasteiger partial charge is 0.282 e. The number of ether oxygens (including phenoxy) is 1. The van der Waals surface area contributed by atoms with E-state index in [0.717, 1.165) is 16.0 Å². The minimum Gasteiger partial charge on any atom is -0.496 e. The van der Waals surface area contributed by atoms with Crippen LogP contribution in [0.25, 0.3) is 5.57 Å². The highest BCUT2D eigenvalue weighted by molar-refractivity contribution is 6.46. The molecule has 0 fully saturated rings. The van der Waals surface area contributed by atoms with E-state index in [0.29, 0.717) is 17.0 Å².